The van der Waals surface area contributed by atoms with Gasteiger partial charge in [0.25, 0.3) is 0 Å². The zero-order valence-electron chi connectivity index (χ0n) is 17.2. The molecule has 152 valence electrons. The van der Waals surface area contributed by atoms with Gasteiger partial charge >= 0.3 is 0 Å². The van der Waals surface area contributed by atoms with E-state index in [1.807, 2.05) is 37.5 Å². The van der Waals surface area contributed by atoms with E-state index in [4.69, 9.17) is 4.74 Å². The van der Waals surface area contributed by atoms with Gasteiger partial charge in [0.2, 0.25) is 5.91 Å². The highest BCUT2D eigenvalue weighted by molar-refractivity contribution is 5.79. The van der Waals surface area contributed by atoms with Gasteiger partial charge in [0.15, 0.2) is 0 Å². The second-order valence-corrected chi connectivity index (χ2v) is 8.26. The zero-order chi connectivity index (χ0) is 20.3. The number of aromatic nitrogens is 2. The first kappa shape index (κ1) is 19.6. The second-order valence-electron chi connectivity index (χ2n) is 8.26. The summed E-state index contributed by atoms with van der Waals surface area (Å²) in [7, 11) is 0. The fourth-order valence-corrected chi connectivity index (χ4v) is 4.20. The lowest BCUT2D eigenvalue weighted by Gasteiger charge is -2.38. The molecule has 5 heteroatoms. The van der Waals surface area contributed by atoms with Crippen LogP contribution in [0.1, 0.15) is 30.9 Å². The Hall–Kier alpha value is -2.66. The summed E-state index contributed by atoms with van der Waals surface area (Å²) >= 11 is 0. The number of nitrogens with zero attached hydrogens (tertiary/aromatic N) is 2. The molecule has 1 atom stereocenters. The summed E-state index contributed by atoms with van der Waals surface area (Å²) < 4.78 is 7.67. The van der Waals surface area contributed by atoms with Gasteiger partial charge in [-0.2, -0.15) is 0 Å². The molecular formula is C24H29N3O2. The highest BCUT2D eigenvalue weighted by Gasteiger charge is 2.35. The minimum atomic E-state index is -0.137. The Bertz CT molecular complexity index is 971. The van der Waals surface area contributed by atoms with Crippen LogP contribution in [0.3, 0.4) is 0 Å². The second kappa shape index (κ2) is 8.37. The van der Waals surface area contributed by atoms with E-state index in [0.29, 0.717) is 13.1 Å². The van der Waals surface area contributed by atoms with E-state index in [1.165, 1.54) is 11.1 Å². The van der Waals surface area contributed by atoms with Crippen molar-refractivity contribution in [2.45, 2.75) is 38.6 Å². The average Bonchev–Trinajstić information content (AvgIpc) is 3.16. The van der Waals surface area contributed by atoms with Crippen LogP contribution >= 0.6 is 0 Å². The third-order valence-corrected chi connectivity index (χ3v) is 6.16. The number of hydrogen-bond donors (Lipinski definition) is 1. The first-order chi connectivity index (χ1) is 14.1. The normalized spacial score (nSPS) is 17.2. The van der Waals surface area contributed by atoms with Gasteiger partial charge in [0.05, 0.1) is 23.3 Å². The van der Waals surface area contributed by atoms with Crippen molar-refractivity contribution in [3.8, 4) is 0 Å². The number of imidazole rings is 1. The minimum absolute atomic E-state index is 0.0525. The van der Waals surface area contributed by atoms with Crippen molar-refractivity contribution < 1.29 is 9.53 Å². The smallest absolute Gasteiger partial charge is 0.224 e. The van der Waals surface area contributed by atoms with E-state index in [1.54, 1.807) is 0 Å². The Labute approximate surface area is 172 Å². The molecule has 1 N–H and O–H groups in total. The number of fused-ring (bicyclic) bond motifs is 1. The molecule has 1 saturated heterocycles. The van der Waals surface area contributed by atoms with Crippen molar-refractivity contribution >= 4 is 16.9 Å². The standard InChI is InChI=1S/C24H29N3O2/c1-18-7-9-20(10-8-18)24(11-13-29-14-12-24)16-25-23(28)19(2)15-27-17-26-21-5-3-4-6-22(21)27/h3-10,17,19H,11-16H2,1-2H3,(H,25,28)/t19-/m1/s1. The molecule has 0 radical (unpaired) electrons. The highest BCUT2D eigenvalue weighted by atomic mass is 16.5. The quantitative estimate of drug-likeness (QED) is 0.694. The molecule has 0 spiro atoms. The Balaban J connectivity index is 1.44. The topological polar surface area (TPSA) is 56.2 Å². The molecule has 29 heavy (non-hydrogen) atoms. The molecule has 0 saturated carbocycles. The van der Waals surface area contributed by atoms with E-state index in [2.05, 4.69) is 46.1 Å². The molecule has 1 amide bonds. The molecule has 1 aliphatic rings. The molecule has 4 rings (SSSR count). The molecule has 1 fully saturated rings. The maximum absolute atomic E-state index is 12.9. The van der Waals surface area contributed by atoms with Crippen molar-refractivity contribution in [1.29, 1.82) is 0 Å². The van der Waals surface area contributed by atoms with Gasteiger partial charge in [-0.15, -0.1) is 0 Å². The number of carbonyl (C=O) groups is 1. The van der Waals surface area contributed by atoms with E-state index >= 15 is 0 Å². The number of rotatable bonds is 6. The number of amides is 1. The van der Waals surface area contributed by atoms with Crippen molar-refractivity contribution in [2.75, 3.05) is 19.8 Å². The van der Waals surface area contributed by atoms with Crippen LogP contribution in [0, 0.1) is 12.8 Å². The molecule has 1 aromatic heterocycles. The number of para-hydroxylation sites is 2. The maximum atomic E-state index is 12.9. The Morgan fingerprint density at radius 2 is 1.90 bits per heavy atom. The first-order valence-corrected chi connectivity index (χ1v) is 10.4. The largest absolute Gasteiger partial charge is 0.381 e. The third kappa shape index (κ3) is 4.20. The summed E-state index contributed by atoms with van der Waals surface area (Å²) in [5.74, 6) is -0.0525. The zero-order valence-corrected chi connectivity index (χ0v) is 17.2. The molecule has 2 aromatic carbocycles. The summed E-state index contributed by atoms with van der Waals surface area (Å²) in [4.78, 5) is 17.3. The van der Waals surface area contributed by atoms with E-state index < -0.39 is 0 Å². The summed E-state index contributed by atoms with van der Waals surface area (Å²) in [5.41, 5.74) is 4.51. The van der Waals surface area contributed by atoms with Crippen LogP contribution in [-0.4, -0.2) is 35.2 Å². The summed E-state index contributed by atoms with van der Waals surface area (Å²) in [6, 6.07) is 16.7. The van der Waals surface area contributed by atoms with Gasteiger partial charge in [0.1, 0.15) is 0 Å². The lowest BCUT2D eigenvalue weighted by Crippen LogP contribution is -2.46. The predicted molar refractivity (Wildman–Crippen MR) is 115 cm³/mol. The maximum Gasteiger partial charge on any atom is 0.224 e. The number of benzene rings is 2. The van der Waals surface area contributed by atoms with Gasteiger partial charge in [-0.1, -0.05) is 48.9 Å². The van der Waals surface area contributed by atoms with Gasteiger partial charge in [-0.3, -0.25) is 4.79 Å². The average molecular weight is 392 g/mol. The Morgan fingerprint density at radius 1 is 1.17 bits per heavy atom. The molecule has 5 nitrogen and oxygen atoms in total. The van der Waals surface area contributed by atoms with E-state index in [0.717, 1.165) is 37.1 Å². The number of nitrogens with one attached hydrogen (secondary N) is 1. The van der Waals surface area contributed by atoms with Crippen molar-refractivity contribution in [1.82, 2.24) is 14.9 Å². The van der Waals surface area contributed by atoms with Gasteiger partial charge < -0.3 is 14.6 Å². The summed E-state index contributed by atoms with van der Waals surface area (Å²) in [6.45, 7) is 6.82. The monoisotopic (exact) mass is 391 g/mol. The molecular weight excluding hydrogens is 362 g/mol. The van der Waals surface area contributed by atoms with Gasteiger partial charge in [-0.05, 0) is 37.5 Å². The van der Waals surface area contributed by atoms with Gasteiger partial charge in [-0.25, -0.2) is 4.98 Å². The van der Waals surface area contributed by atoms with Crippen LogP contribution in [0.25, 0.3) is 11.0 Å². The Kier molecular flexibility index (Phi) is 5.67. The fraction of sp³-hybridized carbons (Fsp3) is 0.417. The van der Waals surface area contributed by atoms with Crippen LogP contribution in [-0.2, 0) is 21.5 Å². The van der Waals surface area contributed by atoms with Crippen molar-refractivity contribution in [3.63, 3.8) is 0 Å². The molecule has 2 heterocycles. The van der Waals surface area contributed by atoms with E-state index in [9.17, 15) is 4.79 Å². The van der Waals surface area contributed by atoms with Crippen LogP contribution in [0.4, 0.5) is 0 Å². The molecule has 0 unspecified atom stereocenters. The summed E-state index contributed by atoms with van der Waals surface area (Å²) in [5, 5.41) is 3.24. The van der Waals surface area contributed by atoms with E-state index in [-0.39, 0.29) is 17.2 Å². The predicted octanol–water partition coefficient (Wildman–Crippen LogP) is 3.85. The molecule has 0 bridgehead atoms. The molecule has 1 aliphatic heterocycles. The first-order valence-electron chi connectivity index (χ1n) is 10.4. The Morgan fingerprint density at radius 3 is 2.66 bits per heavy atom. The summed E-state index contributed by atoms with van der Waals surface area (Å²) in [6.07, 6.45) is 3.68. The lowest BCUT2D eigenvalue weighted by atomic mass is 9.74. The van der Waals surface area contributed by atoms with Crippen LogP contribution in [0.2, 0.25) is 0 Å². The highest BCUT2D eigenvalue weighted by Crippen LogP contribution is 2.34. The fourth-order valence-electron chi connectivity index (χ4n) is 4.20. The SMILES string of the molecule is Cc1ccc(C2(CNC(=O)[C@H](C)Cn3cnc4ccccc43)CCOCC2)cc1. The van der Waals surface area contributed by atoms with Crippen LogP contribution < -0.4 is 5.32 Å². The number of ether oxygens (including phenoxy) is 1. The third-order valence-electron chi connectivity index (χ3n) is 6.16. The number of hydrogen-bond acceptors (Lipinski definition) is 3. The van der Waals surface area contributed by atoms with Crippen molar-refractivity contribution in [2.24, 2.45) is 5.92 Å². The minimum Gasteiger partial charge on any atom is -0.381 e. The van der Waals surface area contributed by atoms with Crippen molar-refractivity contribution in [3.05, 3.63) is 66.0 Å². The number of carbonyl (C=O) groups excluding carboxylic acids is 1. The van der Waals surface area contributed by atoms with Crippen LogP contribution in [0.5, 0.6) is 0 Å². The van der Waals surface area contributed by atoms with Crippen LogP contribution in [0.15, 0.2) is 54.9 Å². The molecule has 3 aromatic rings. The van der Waals surface area contributed by atoms with Gasteiger partial charge in [0, 0.05) is 31.7 Å². The lowest BCUT2D eigenvalue weighted by molar-refractivity contribution is -0.125. The molecule has 0 aliphatic carbocycles. The number of aryl methyl sites for hydroxylation is 1.